The number of allylic oxidation sites excluding steroid dienone is 1. The van der Waals surface area contributed by atoms with E-state index >= 15 is 0 Å². The topological polar surface area (TPSA) is 62.1 Å². The number of nitriles is 1. The van der Waals surface area contributed by atoms with Crippen LogP contribution in [0.3, 0.4) is 0 Å². The summed E-state index contributed by atoms with van der Waals surface area (Å²) in [7, 11) is 0. The molecule has 0 bridgehead atoms. The Morgan fingerprint density at radius 1 is 1.04 bits per heavy atom. The van der Waals surface area contributed by atoms with Gasteiger partial charge in [-0.1, -0.05) is 66.7 Å². The molecule has 4 rings (SSSR count). The molecule has 0 aromatic heterocycles. The van der Waals surface area contributed by atoms with E-state index in [9.17, 15) is 10.1 Å². The highest BCUT2D eigenvalue weighted by Gasteiger charge is 2.32. The molecule has 0 radical (unpaired) electrons. The van der Waals surface area contributed by atoms with E-state index in [4.69, 9.17) is 4.74 Å². The van der Waals surface area contributed by atoms with E-state index in [1.807, 2.05) is 66.7 Å². The molecular weight excluding hydrogens is 324 g/mol. The number of nitrogens with one attached hydrogen (secondary N) is 1. The van der Waals surface area contributed by atoms with E-state index in [2.05, 4.69) is 11.4 Å². The second kappa shape index (κ2) is 6.38. The van der Waals surface area contributed by atoms with Crippen LogP contribution in [0.4, 0.5) is 0 Å². The number of carbonyl (C=O) groups is 1. The molecular formula is C22H16N2O2. The molecule has 3 aromatic carbocycles. The molecule has 0 spiro atoms. The summed E-state index contributed by atoms with van der Waals surface area (Å²) in [5, 5.41) is 14.5. The van der Waals surface area contributed by atoms with Crippen molar-refractivity contribution in [3.8, 4) is 11.8 Å². The Balaban J connectivity index is 2.01. The lowest BCUT2D eigenvalue weighted by Gasteiger charge is -2.29. The summed E-state index contributed by atoms with van der Waals surface area (Å²) in [6.45, 7) is 1.40. The van der Waals surface area contributed by atoms with E-state index in [1.165, 1.54) is 6.92 Å². The number of rotatable bonds is 2. The molecule has 4 heteroatoms. The van der Waals surface area contributed by atoms with Crippen LogP contribution < -0.4 is 10.1 Å². The van der Waals surface area contributed by atoms with Gasteiger partial charge in [0.2, 0.25) is 11.8 Å². The number of hydrogen-bond acceptors (Lipinski definition) is 3. The molecule has 4 nitrogen and oxygen atoms in total. The first-order valence-corrected chi connectivity index (χ1v) is 8.35. The largest absolute Gasteiger partial charge is 0.439 e. The zero-order chi connectivity index (χ0) is 18.1. The number of carbonyl (C=O) groups excluding carboxylic acids is 1. The Hall–Kier alpha value is -3.58. The lowest BCUT2D eigenvalue weighted by Crippen LogP contribution is -2.29. The zero-order valence-corrected chi connectivity index (χ0v) is 14.2. The van der Waals surface area contributed by atoms with Crippen molar-refractivity contribution in [1.82, 2.24) is 5.32 Å². The van der Waals surface area contributed by atoms with Crippen LogP contribution in [-0.2, 0) is 4.79 Å². The predicted octanol–water partition coefficient (Wildman–Crippen LogP) is 4.24. The van der Waals surface area contributed by atoms with Gasteiger partial charge in [0.1, 0.15) is 17.4 Å². The van der Waals surface area contributed by atoms with E-state index < -0.39 is 0 Å². The lowest BCUT2D eigenvalue weighted by molar-refractivity contribution is -0.118. The Morgan fingerprint density at radius 3 is 2.50 bits per heavy atom. The molecule has 1 amide bonds. The van der Waals surface area contributed by atoms with Crippen molar-refractivity contribution in [3.05, 3.63) is 89.3 Å². The molecule has 1 N–H and O–H groups in total. The van der Waals surface area contributed by atoms with Gasteiger partial charge in [-0.25, -0.2) is 0 Å². The summed E-state index contributed by atoms with van der Waals surface area (Å²) >= 11 is 0. The fourth-order valence-corrected chi connectivity index (χ4v) is 3.40. The molecule has 1 atom stereocenters. The van der Waals surface area contributed by atoms with Gasteiger partial charge in [-0.15, -0.1) is 0 Å². The average molecular weight is 340 g/mol. The van der Waals surface area contributed by atoms with Gasteiger partial charge in [-0.2, -0.15) is 5.26 Å². The minimum Gasteiger partial charge on any atom is -0.439 e. The summed E-state index contributed by atoms with van der Waals surface area (Å²) in [5.74, 6) is 0.317. The van der Waals surface area contributed by atoms with E-state index in [0.717, 1.165) is 21.9 Å². The van der Waals surface area contributed by atoms with Crippen LogP contribution in [0, 0.1) is 11.3 Å². The van der Waals surface area contributed by atoms with Crippen LogP contribution in [0.2, 0.25) is 0 Å². The molecule has 126 valence electrons. The number of amides is 1. The van der Waals surface area contributed by atoms with Crippen LogP contribution in [0.5, 0.6) is 5.75 Å². The third kappa shape index (κ3) is 2.60. The van der Waals surface area contributed by atoms with Crippen molar-refractivity contribution in [2.24, 2.45) is 0 Å². The summed E-state index contributed by atoms with van der Waals surface area (Å²) in [6, 6.07) is 24.0. The van der Waals surface area contributed by atoms with Crippen molar-refractivity contribution < 1.29 is 9.53 Å². The number of ether oxygens (including phenoxy) is 1. The average Bonchev–Trinajstić information content (AvgIpc) is 2.67. The Labute approximate surface area is 151 Å². The van der Waals surface area contributed by atoms with Crippen molar-refractivity contribution in [3.63, 3.8) is 0 Å². The minimum atomic E-state index is -0.295. The SMILES string of the molecule is CC(=O)NC1=C(C#N)[C@H](c2ccccc2)c2ccc3ccccc3c2O1. The first-order valence-electron chi connectivity index (χ1n) is 8.35. The van der Waals surface area contributed by atoms with E-state index in [-0.39, 0.29) is 17.7 Å². The second-order valence-corrected chi connectivity index (χ2v) is 6.19. The van der Waals surface area contributed by atoms with Gasteiger partial charge in [0, 0.05) is 17.9 Å². The normalized spacial score (nSPS) is 15.8. The molecule has 3 aromatic rings. The van der Waals surface area contributed by atoms with Crippen molar-refractivity contribution in [2.45, 2.75) is 12.8 Å². The summed E-state index contributed by atoms with van der Waals surface area (Å²) < 4.78 is 6.04. The molecule has 0 aliphatic carbocycles. The molecule has 26 heavy (non-hydrogen) atoms. The first-order chi connectivity index (χ1) is 12.7. The Bertz CT molecular complexity index is 1080. The zero-order valence-electron chi connectivity index (χ0n) is 14.2. The van der Waals surface area contributed by atoms with Gasteiger partial charge >= 0.3 is 0 Å². The predicted molar refractivity (Wildman–Crippen MR) is 99.3 cm³/mol. The summed E-state index contributed by atoms with van der Waals surface area (Å²) in [4.78, 5) is 11.7. The van der Waals surface area contributed by atoms with Gasteiger partial charge in [-0.05, 0) is 10.9 Å². The standard InChI is InChI=1S/C22H16N2O2/c1-14(25)24-22-19(13-23)20(16-8-3-2-4-9-16)18-12-11-15-7-5-6-10-17(15)21(18)26-22/h2-12,20H,1H3,(H,24,25)/t20-/m1/s1. The maximum absolute atomic E-state index is 11.7. The smallest absolute Gasteiger partial charge is 0.223 e. The highest BCUT2D eigenvalue weighted by atomic mass is 16.5. The molecule has 0 saturated carbocycles. The maximum atomic E-state index is 11.7. The monoisotopic (exact) mass is 340 g/mol. The lowest BCUT2D eigenvalue weighted by atomic mass is 9.82. The minimum absolute atomic E-state index is 0.206. The summed E-state index contributed by atoms with van der Waals surface area (Å²) in [5.41, 5.74) is 2.29. The van der Waals surface area contributed by atoms with Crippen LogP contribution in [0.1, 0.15) is 24.0 Å². The fourth-order valence-electron chi connectivity index (χ4n) is 3.40. The Morgan fingerprint density at radius 2 is 1.77 bits per heavy atom. The van der Waals surface area contributed by atoms with Crippen molar-refractivity contribution in [1.29, 1.82) is 5.26 Å². The van der Waals surface area contributed by atoms with Crippen molar-refractivity contribution in [2.75, 3.05) is 0 Å². The quantitative estimate of drug-likeness (QED) is 0.759. The van der Waals surface area contributed by atoms with Crippen molar-refractivity contribution >= 4 is 16.7 Å². The summed E-state index contributed by atoms with van der Waals surface area (Å²) in [6.07, 6.45) is 0. The van der Waals surface area contributed by atoms with Crippen LogP contribution in [0.25, 0.3) is 10.8 Å². The van der Waals surface area contributed by atoms with Crippen LogP contribution >= 0.6 is 0 Å². The molecule has 0 saturated heterocycles. The number of hydrogen-bond donors (Lipinski definition) is 1. The first kappa shape index (κ1) is 15.9. The third-order valence-electron chi connectivity index (χ3n) is 4.50. The van der Waals surface area contributed by atoms with Gasteiger partial charge in [0.05, 0.1) is 5.92 Å². The third-order valence-corrected chi connectivity index (χ3v) is 4.50. The van der Waals surface area contributed by atoms with Gasteiger partial charge in [0.15, 0.2) is 0 Å². The number of nitrogens with zero attached hydrogens (tertiary/aromatic N) is 1. The maximum Gasteiger partial charge on any atom is 0.223 e. The Kier molecular flexibility index (Phi) is 3.91. The van der Waals surface area contributed by atoms with Gasteiger partial charge in [0.25, 0.3) is 0 Å². The molecule has 1 aliphatic heterocycles. The number of fused-ring (bicyclic) bond motifs is 3. The van der Waals surface area contributed by atoms with Gasteiger partial charge in [-0.3, -0.25) is 10.1 Å². The van der Waals surface area contributed by atoms with Crippen LogP contribution in [-0.4, -0.2) is 5.91 Å². The van der Waals surface area contributed by atoms with E-state index in [1.54, 1.807) is 0 Å². The fraction of sp³-hybridized carbons (Fsp3) is 0.0909. The number of benzene rings is 3. The molecule has 0 unspecified atom stereocenters. The van der Waals surface area contributed by atoms with Gasteiger partial charge < -0.3 is 4.74 Å². The molecule has 1 heterocycles. The highest BCUT2D eigenvalue weighted by molar-refractivity contribution is 5.91. The second-order valence-electron chi connectivity index (χ2n) is 6.19. The van der Waals surface area contributed by atoms with Crippen LogP contribution in [0.15, 0.2) is 78.2 Å². The molecule has 1 aliphatic rings. The highest BCUT2D eigenvalue weighted by Crippen LogP contribution is 2.45. The van der Waals surface area contributed by atoms with E-state index in [0.29, 0.717) is 11.3 Å². The molecule has 0 fully saturated rings.